The van der Waals surface area contributed by atoms with Crippen LogP contribution in [-0.2, 0) is 0 Å². The minimum Gasteiger partial charge on any atom is -0.330 e. The Bertz CT molecular complexity index is 170. The Morgan fingerprint density at radius 2 is 1.80 bits per heavy atom. The van der Waals surface area contributed by atoms with Crippen LogP contribution in [0, 0.1) is 5.92 Å². The van der Waals surface area contributed by atoms with Crippen LogP contribution in [0.25, 0.3) is 0 Å². The highest BCUT2D eigenvalue weighted by Gasteiger charge is 2.17. The molecule has 90 valence electrons. The van der Waals surface area contributed by atoms with Crippen LogP contribution >= 0.6 is 0 Å². The molecule has 15 heavy (non-hydrogen) atoms. The van der Waals surface area contributed by atoms with Gasteiger partial charge in [0.25, 0.3) is 0 Å². The van der Waals surface area contributed by atoms with E-state index in [9.17, 15) is 0 Å². The summed E-state index contributed by atoms with van der Waals surface area (Å²) in [6.45, 7) is 13.7. The topological polar surface area (TPSA) is 32.5 Å². The zero-order valence-electron chi connectivity index (χ0n) is 10.6. The lowest BCUT2D eigenvalue weighted by molar-refractivity contribution is 0.211. The molecule has 0 spiro atoms. The second-order valence-electron chi connectivity index (χ2n) is 5.12. The number of hydrogen-bond acceptors (Lipinski definition) is 3. The standard InChI is InChI=1S/C12H27N3/c1-11(2)15-6-4-5-14(7-8-15)10-12(3)9-13/h11-12H,4-10,13H2,1-3H3. The maximum atomic E-state index is 5.67. The van der Waals surface area contributed by atoms with Crippen molar-refractivity contribution in [2.24, 2.45) is 11.7 Å². The van der Waals surface area contributed by atoms with E-state index in [2.05, 4.69) is 30.6 Å². The van der Waals surface area contributed by atoms with E-state index in [0.29, 0.717) is 12.0 Å². The zero-order valence-corrected chi connectivity index (χ0v) is 10.6. The van der Waals surface area contributed by atoms with E-state index in [-0.39, 0.29) is 0 Å². The smallest absolute Gasteiger partial charge is 0.0112 e. The van der Waals surface area contributed by atoms with Gasteiger partial charge in [0.15, 0.2) is 0 Å². The first-order chi connectivity index (χ1) is 7.13. The Hall–Kier alpha value is -0.120. The minimum absolute atomic E-state index is 0.635. The van der Waals surface area contributed by atoms with E-state index in [4.69, 9.17) is 5.73 Å². The molecule has 1 aliphatic rings. The summed E-state index contributed by atoms with van der Waals surface area (Å²) < 4.78 is 0. The normalized spacial score (nSPS) is 23.0. The number of rotatable bonds is 4. The number of hydrogen-bond donors (Lipinski definition) is 1. The van der Waals surface area contributed by atoms with Crippen molar-refractivity contribution in [1.29, 1.82) is 0 Å². The molecule has 0 amide bonds. The summed E-state index contributed by atoms with van der Waals surface area (Å²) in [5, 5.41) is 0. The van der Waals surface area contributed by atoms with Gasteiger partial charge in [0.05, 0.1) is 0 Å². The molecule has 1 fully saturated rings. The third-order valence-corrected chi connectivity index (χ3v) is 3.33. The Kier molecular flexibility index (Phi) is 5.58. The molecule has 2 N–H and O–H groups in total. The highest BCUT2D eigenvalue weighted by Crippen LogP contribution is 2.08. The van der Waals surface area contributed by atoms with E-state index >= 15 is 0 Å². The van der Waals surface area contributed by atoms with Crippen molar-refractivity contribution in [2.75, 3.05) is 39.3 Å². The first-order valence-electron chi connectivity index (χ1n) is 6.30. The third-order valence-electron chi connectivity index (χ3n) is 3.33. The van der Waals surface area contributed by atoms with E-state index < -0.39 is 0 Å². The van der Waals surface area contributed by atoms with Crippen molar-refractivity contribution in [3.63, 3.8) is 0 Å². The Morgan fingerprint density at radius 1 is 1.07 bits per heavy atom. The molecule has 1 atom stereocenters. The SMILES string of the molecule is CC(CN)CN1CCCN(C(C)C)CC1. The van der Waals surface area contributed by atoms with E-state index in [0.717, 1.165) is 6.54 Å². The first-order valence-corrected chi connectivity index (χ1v) is 6.30. The van der Waals surface area contributed by atoms with Crippen molar-refractivity contribution in [1.82, 2.24) is 9.80 Å². The highest BCUT2D eigenvalue weighted by molar-refractivity contribution is 4.73. The predicted octanol–water partition coefficient (Wildman–Crippen LogP) is 0.997. The molecule has 0 aliphatic carbocycles. The Balaban J connectivity index is 2.32. The van der Waals surface area contributed by atoms with Crippen LogP contribution in [0.1, 0.15) is 27.2 Å². The van der Waals surface area contributed by atoms with Gasteiger partial charge in [0.1, 0.15) is 0 Å². The fourth-order valence-corrected chi connectivity index (χ4v) is 2.21. The average molecular weight is 213 g/mol. The molecule has 3 nitrogen and oxygen atoms in total. The quantitative estimate of drug-likeness (QED) is 0.756. The van der Waals surface area contributed by atoms with Crippen molar-refractivity contribution in [3.05, 3.63) is 0 Å². The van der Waals surface area contributed by atoms with Crippen LogP contribution < -0.4 is 5.73 Å². The van der Waals surface area contributed by atoms with Crippen molar-refractivity contribution in [2.45, 2.75) is 33.2 Å². The van der Waals surface area contributed by atoms with Crippen LogP contribution in [0.15, 0.2) is 0 Å². The molecule has 1 saturated heterocycles. The van der Waals surface area contributed by atoms with Gasteiger partial charge >= 0.3 is 0 Å². The Morgan fingerprint density at radius 3 is 2.40 bits per heavy atom. The molecule has 1 heterocycles. The molecule has 1 unspecified atom stereocenters. The van der Waals surface area contributed by atoms with Crippen molar-refractivity contribution >= 4 is 0 Å². The van der Waals surface area contributed by atoms with Crippen LogP contribution in [0.3, 0.4) is 0 Å². The van der Waals surface area contributed by atoms with E-state index in [1.807, 2.05) is 0 Å². The number of nitrogens with two attached hydrogens (primary N) is 1. The fourth-order valence-electron chi connectivity index (χ4n) is 2.21. The minimum atomic E-state index is 0.635. The van der Waals surface area contributed by atoms with Crippen LogP contribution in [0.2, 0.25) is 0 Å². The summed E-state index contributed by atoms with van der Waals surface area (Å²) in [6, 6.07) is 0.692. The third kappa shape index (κ3) is 4.49. The summed E-state index contributed by atoms with van der Waals surface area (Å²) in [5.74, 6) is 0.635. The summed E-state index contributed by atoms with van der Waals surface area (Å²) in [7, 11) is 0. The molecule has 0 bridgehead atoms. The van der Waals surface area contributed by atoms with E-state index in [1.165, 1.54) is 39.1 Å². The summed E-state index contributed by atoms with van der Waals surface area (Å²) in [6.07, 6.45) is 1.30. The molecule has 0 aromatic carbocycles. The van der Waals surface area contributed by atoms with Crippen LogP contribution in [-0.4, -0.2) is 55.1 Å². The van der Waals surface area contributed by atoms with Gasteiger partial charge in [-0.3, -0.25) is 4.90 Å². The van der Waals surface area contributed by atoms with Gasteiger partial charge in [-0.05, 0) is 45.8 Å². The first kappa shape index (κ1) is 12.9. The monoisotopic (exact) mass is 213 g/mol. The zero-order chi connectivity index (χ0) is 11.3. The predicted molar refractivity (Wildman–Crippen MR) is 66.0 cm³/mol. The summed E-state index contributed by atoms with van der Waals surface area (Å²) in [4.78, 5) is 5.15. The van der Waals surface area contributed by atoms with Gasteiger partial charge in [0, 0.05) is 25.7 Å². The maximum absolute atomic E-state index is 5.67. The number of nitrogens with zero attached hydrogens (tertiary/aromatic N) is 2. The lowest BCUT2D eigenvalue weighted by Gasteiger charge is -2.25. The fraction of sp³-hybridized carbons (Fsp3) is 1.00. The van der Waals surface area contributed by atoms with Gasteiger partial charge in [-0.2, -0.15) is 0 Å². The second kappa shape index (κ2) is 6.46. The van der Waals surface area contributed by atoms with Gasteiger partial charge in [-0.15, -0.1) is 0 Å². The molecule has 0 saturated carbocycles. The maximum Gasteiger partial charge on any atom is 0.0112 e. The van der Waals surface area contributed by atoms with E-state index in [1.54, 1.807) is 0 Å². The molecule has 0 radical (unpaired) electrons. The van der Waals surface area contributed by atoms with Crippen LogP contribution in [0.5, 0.6) is 0 Å². The molecular formula is C12H27N3. The molecule has 1 aliphatic heterocycles. The summed E-state index contributed by atoms with van der Waals surface area (Å²) >= 11 is 0. The summed E-state index contributed by atoms with van der Waals surface area (Å²) in [5.41, 5.74) is 5.67. The lowest BCUT2D eigenvalue weighted by Crippen LogP contribution is -2.37. The Labute approximate surface area is 94.6 Å². The molecule has 1 rings (SSSR count). The molecule has 0 aromatic rings. The van der Waals surface area contributed by atoms with Gasteiger partial charge < -0.3 is 10.6 Å². The lowest BCUT2D eigenvalue weighted by atomic mass is 10.1. The van der Waals surface area contributed by atoms with Gasteiger partial charge in [-0.1, -0.05) is 6.92 Å². The van der Waals surface area contributed by atoms with Gasteiger partial charge in [-0.25, -0.2) is 0 Å². The second-order valence-corrected chi connectivity index (χ2v) is 5.12. The van der Waals surface area contributed by atoms with Crippen molar-refractivity contribution in [3.8, 4) is 0 Å². The molecule has 0 aromatic heterocycles. The molecule has 3 heteroatoms. The van der Waals surface area contributed by atoms with Gasteiger partial charge in [0.2, 0.25) is 0 Å². The average Bonchev–Trinajstić information content (AvgIpc) is 2.43. The largest absolute Gasteiger partial charge is 0.330 e. The molecular weight excluding hydrogens is 186 g/mol. The van der Waals surface area contributed by atoms with Crippen LogP contribution in [0.4, 0.5) is 0 Å². The highest BCUT2D eigenvalue weighted by atomic mass is 15.2. The van der Waals surface area contributed by atoms with Crippen molar-refractivity contribution < 1.29 is 0 Å².